The molecule has 1 fully saturated rings. The third-order valence-electron chi connectivity index (χ3n) is 3.16. The lowest BCUT2D eigenvalue weighted by Crippen LogP contribution is -2.54. The molecule has 3 heteroatoms. The van der Waals surface area contributed by atoms with E-state index in [1.807, 2.05) is 18.2 Å². The summed E-state index contributed by atoms with van der Waals surface area (Å²) in [5.74, 6) is 0. The Kier molecular flexibility index (Phi) is 2.52. The van der Waals surface area contributed by atoms with Gasteiger partial charge in [0, 0.05) is 12.2 Å². The van der Waals surface area contributed by atoms with E-state index in [2.05, 4.69) is 4.98 Å². The quantitative estimate of drug-likeness (QED) is 0.699. The molecule has 0 saturated heterocycles. The van der Waals surface area contributed by atoms with Crippen molar-refractivity contribution >= 4 is 0 Å². The van der Waals surface area contributed by atoms with E-state index in [9.17, 15) is 0 Å². The maximum absolute atomic E-state index is 6.34. The van der Waals surface area contributed by atoms with Crippen molar-refractivity contribution in [3.05, 3.63) is 30.1 Å². The molecule has 2 rings (SSSR count). The zero-order chi connectivity index (χ0) is 10.0. The number of rotatable bonds is 1. The van der Waals surface area contributed by atoms with Crippen LogP contribution in [0.15, 0.2) is 24.4 Å². The summed E-state index contributed by atoms with van der Waals surface area (Å²) in [4.78, 5) is 4.32. The van der Waals surface area contributed by atoms with E-state index in [0.717, 1.165) is 25.0 Å². The van der Waals surface area contributed by atoms with E-state index in [0.29, 0.717) is 0 Å². The molecule has 0 amide bonds. The van der Waals surface area contributed by atoms with Gasteiger partial charge in [-0.25, -0.2) is 0 Å². The molecule has 1 aromatic rings. The Morgan fingerprint density at radius 2 is 2.21 bits per heavy atom. The molecule has 2 atom stereocenters. The van der Waals surface area contributed by atoms with Crippen LogP contribution < -0.4 is 11.5 Å². The molecule has 0 aliphatic heterocycles. The maximum atomic E-state index is 6.34. The maximum Gasteiger partial charge on any atom is 0.0736 e. The van der Waals surface area contributed by atoms with Gasteiger partial charge in [-0.05, 0) is 25.0 Å². The van der Waals surface area contributed by atoms with Crippen LogP contribution in [0.1, 0.15) is 31.4 Å². The van der Waals surface area contributed by atoms with Crippen molar-refractivity contribution in [2.24, 2.45) is 11.5 Å². The molecule has 1 aliphatic carbocycles. The van der Waals surface area contributed by atoms with Crippen molar-refractivity contribution in [2.45, 2.75) is 37.3 Å². The van der Waals surface area contributed by atoms with E-state index < -0.39 is 5.54 Å². The summed E-state index contributed by atoms with van der Waals surface area (Å²) in [6.07, 6.45) is 6.08. The molecular weight excluding hydrogens is 174 g/mol. The van der Waals surface area contributed by atoms with Crippen molar-refractivity contribution in [3.8, 4) is 0 Å². The van der Waals surface area contributed by atoms with E-state index in [1.165, 1.54) is 6.42 Å². The highest BCUT2D eigenvalue weighted by atomic mass is 14.9. The highest BCUT2D eigenvalue weighted by Crippen LogP contribution is 2.32. The van der Waals surface area contributed by atoms with Crippen LogP contribution in [0, 0.1) is 0 Å². The fourth-order valence-corrected chi connectivity index (χ4v) is 2.18. The van der Waals surface area contributed by atoms with Crippen molar-refractivity contribution in [1.82, 2.24) is 4.98 Å². The first kappa shape index (κ1) is 9.62. The van der Waals surface area contributed by atoms with Crippen molar-refractivity contribution < 1.29 is 0 Å². The van der Waals surface area contributed by atoms with E-state index >= 15 is 0 Å². The lowest BCUT2D eigenvalue weighted by molar-refractivity contribution is 0.250. The van der Waals surface area contributed by atoms with Crippen molar-refractivity contribution in [1.29, 1.82) is 0 Å². The molecule has 1 aliphatic rings. The molecule has 2 unspecified atom stereocenters. The van der Waals surface area contributed by atoms with Gasteiger partial charge >= 0.3 is 0 Å². The number of nitrogens with two attached hydrogens (primary N) is 2. The third kappa shape index (κ3) is 1.53. The van der Waals surface area contributed by atoms with Crippen LogP contribution in [-0.4, -0.2) is 11.0 Å². The highest BCUT2D eigenvalue weighted by molar-refractivity contribution is 5.19. The molecule has 14 heavy (non-hydrogen) atoms. The van der Waals surface area contributed by atoms with Gasteiger partial charge in [-0.1, -0.05) is 18.9 Å². The van der Waals surface area contributed by atoms with Gasteiger partial charge in [-0.3, -0.25) is 4.98 Å². The van der Waals surface area contributed by atoms with Gasteiger partial charge in [0.2, 0.25) is 0 Å². The second-order valence-corrected chi connectivity index (χ2v) is 4.11. The fourth-order valence-electron chi connectivity index (χ4n) is 2.18. The highest BCUT2D eigenvalue weighted by Gasteiger charge is 2.37. The Hall–Kier alpha value is -0.930. The molecule has 0 radical (unpaired) electrons. The van der Waals surface area contributed by atoms with Crippen LogP contribution in [0.5, 0.6) is 0 Å². The van der Waals surface area contributed by atoms with Crippen LogP contribution in [0.4, 0.5) is 0 Å². The molecule has 3 nitrogen and oxygen atoms in total. The Balaban J connectivity index is 2.30. The van der Waals surface area contributed by atoms with Crippen LogP contribution >= 0.6 is 0 Å². The predicted octanol–water partition coefficient (Wildman–Crippen LogP) is 1.14. The van der Waals surface area contributed by atoms with E-state index in [-0.39, 0.29) is 6.04 Å². The zero-order valence-corrected chi connectivity index (χ0v) is 8.32. The van der Waals surface area contributed by atoms with Crippen molar-refractivity contribution in [2.75, 3.05) is 0 Å². The van der Waals surface area contributed by atoms with E-state index in [4.69, 9.17) is 11.5 Å². The molecule has 1 aromatic heterocycles. The fraction of sp³-hybridized carbons (Fsp3) is 0.545. The first-order valence-electron chi connectivity index (χ1n) is 5.19. The Bertz CT molecular complexity index is 299. The van der Waals surface area contributed by atoms with Crippen LogP contribution in [0.2, 0.25) is 0 Å². The molecular formula is C11H17N3. The summed E-state index contributed by atoms with van der Waals surface area (Å²) in [6.45, 7) is 0. The summed E-state index contributed by atoms with van der Waals surface area (Å²) in [5, 5.41) is 0. The van der Waals surface area contributed by atoms with Gasteiger partial charge in [0.15, 0.2) is 0 Å². The Morgan fingerprint density at radius 3 is 2.86 bits per heavy atom. The van der Waals surface area contributed by atoms with Gasteiger partial charge in [-0.15, -0.1) is 0 Å². The van der Waals surface area contributed by atoms with Gasteiger partial charge < -0.3 is 11.5 Å². The zero-order valence-electron chi connectivity index (χ0n) is 8.32. The Labute approximate surface area is 84.5 Å². The summed E-state index contributed by atoms with van der Waals surface area (Å²) in [6, 6.07) is 5.90. The average molecular weight is 191 g/mol. The monoisotopic (exact) mass is 191 g/mol. The minimum Gasteiger partial charge on any atom is -0.326 e. The molecule has 4 N–H and O–H groups in total. The molecule has 0 bridgehead atoms. The molecule has 1 saturated carbocycles. The first-order chi connectivity index (χ1) is 6.73. The SMILES string of the molecule is NC1CCCCC1(N)c1ccccn1. The number of pyridine rings is 1. The first-order valence-corrected chi connectivity index (χ1v) is 5.19. The smallest absolute Gasteiger partial charge is 0.0736 e. The van der Waals surface area contributed by atoms with Crippen LogP contribution in [0.25, 0.3) is 0 Å². The van der Waals surface area contributed by atoms with Gasteiger partial charge in [0.25, 0.3) is 0 Å². The minimum atomic E-state index is -0.403. The topological polar surface area (TPSA) is 64.9 Å². The van der Waals surface area contributed by atoms with Crippen molar-refractivity contribution in [3.63, 3.8) is 0 Å². The normalized spacial score (nSPS) is 32.9. The second-order valence-electron chi connectivity index (χ2n) is 4.11. The largest absolute Gasteiger partial charge is 0.326 e. The number of aromatic nitrogens is 1. The van der Waals surface area contributed by atoms with E-state index in [1.54, 1.807) is 6.20 Å². The lowest BCUT2D eigenvalue weighted by Gasteiger charge is -2.38. The predicted molar refractivity (Wildman–Crippen MR) is 56.5 cm³/mol. The Morgan fingerprint density at radius 1 is 1.36 bits per heavy atom. The van der Waals surface area contributed by atoms with Gasteiger partial charge in [-0.2, -0.15) is 0 Å². The van der Waals surface area contributed by atoms with Gasteiger partial charge in [0.05, 0.1) is 11.2 Å². The summed E-state index contributed by atoms with van der Waals surface area (Å²) >= 11 is 0. The standard InChI is InChI=1S/C11H17N3/c12-9-5-1-3-7-11(9,13)10-6-2-4-8-14-10/h2,4,6,8-9H,1,3,5,7,12-13H2. The van der Waals surface area contributed by atoms with Crippen LogP contribution in [0.3, 0.4) is 0 Å². The summed E-state index contributed by atoms with van der Waals surface area (Å²) in [5.41, 5.74) is 13.0. The molecule has 1 heterocycles. The molecule has 0 aromatic carbocycles. The summed E-state index contributed by atoms with van der Waals surface area (Å²) < 4.78 is 0. The molecule has 76 valence electrons. The number of hydrogen-bond donors (Lipinski definition) is 2. The minimum absolute atomic E-state index is 0.0474. The van der Waals surface area contributed by atoms with Gasteiger partial charge in [0.1, 0.15) is 0 Å². The molecule has 0 spiro atoms. The second kappa shape index (κ2) is 3.67. The average Bonchev–Trinajstić information content (AvgIpc) is 2.24. The summed E-state index contributed by atoms with van der Waals surface area (Å²) in [7, 11) is 0. The number of hydrogen-bond acceptors (Lipinski definition) is 3. The third-order valence-corrected chi connectivity index (χ3v) is 3.16. The lowest BCUT2D eigenvalue weighted by atomic mass is 9.76. The number of nitrogens with zero attached hydrogens (tertiary/aromatic N) is 1. The van der Waals surface area contributed by atoms with Crippen LogP contribution in [-0.2, 0) is 5.54 Å².